The number of hydrogen-bond acceptors (Lipinski definition) is 6. The van der Waals surface area contributed by atoms with E-state index in [1.807, 2.05) is 6.92 Å². The zero-order valence-corrected chi connectivity index (χ0v) is 13.0. The van der Waals surface area contributed by atoms with Crippen LogP contribution in [0.5, 0.6) is 0 Å². The summed E-state index contributed by atoms with van der Waals surface area (Å²) in [6, 6.07) is 7.07. The molecule has 0 radical (unpaired) electrons. The van der Waals surface area contributed by atoms with E-state index in [1.165, 1.54) is 9.75 Å². The van der Waals surface area contributed by atoms with E-state index >= 15 is 0 Å². The molecule has 1 heterocycles. The van der Waals surface area contributed by atoms with Crippen LogP contribution in [-0.2, 0) is 0 Å². The second-order valence-corrected chi connectivity index (χ2v) is 6.30. The maximum Gasteiger partial charge on any atom is 0.316 e. The summed E-state index contributed by atoms with van der Waals surface area (Å²) in [4.78, 5) is 13.3. The molecule has 2 aromatic rings. The van der Waals surface area contributed by atoms with Crippen molar-refractivity contribution in [1.29, 1.82) is 0 Å². The molecule has 0 aliphatic rings. The van der Waals surface area contributed by atoms with Crippen LogP contribution in [0.25, 0.3) is 0 Å². The molecule has 1 aromatic heterocycles. The van der Waals surface area contributed by atoms with Crippen LogP contribution in [0.3, 0.4) is 0 Å². The number of rotatable bonds is 5. The average molecular weight is 306 g/mol. The zero-order valence-electron chi connectivity index (χ0n) is 12.1. The molecule has 112 valence electrons. The van der Waals surface area contributed by atoms with Crippen LogP contribution in [-0.4, -0.2) is 4.92 Å². The van der Waals surface area contributed by atoms with Crippen LogP contribution in [0.2, 0.25) is 0 Å². The van der Waals surface area contributed by atoms with Gasteiger partial charge in [0.15, 0.2) is 0 Å². The highest BCUT2D eigenvalue weighted by Crippen LogP contribution is 2.35. The highest BCUT2D eigenvalue weighted by Gasteiger charge is 2.21. The van der Waals surface area contributed by atoms with E-state index in [0.29, 0.717) is 5.69 Å². The molecule has 0 aliphatic carbocycles. The number of para-hydroxylation sites is 1. The van der Waals surface area contributed by atoms with Gasteiger partial charge in [-0.1, -0.05) is 6.07 Å². The Morgan fingerprint density at radius 1 is 1.33 bits per heavy atom. The maximum atomic E-state index is 11.3. The lowest BCUT2D eigenvalue weighted by Gasteiger charge is -2.16. The summed E-state index contributed by atoms with van der Waals surface area (Å²) in [5, 5.41) is 14.5. The van der Waals surface area contributed by atoms with Crippen LogP contribution < -0.4 is 16.6 Å². The topological polar surface area (TPSA) is 93.2 Å². The van der Waals surface area contributed by atoms with Crippen molar-refractivity contribution in [3.8, 4) is 0 Å². The van der Waals surface area contributed by atoms with Crippen molar-refractivity contribution in [2.24, 2.45) is 5.84 Å². The molecule has 0 fully saturated rings. The molecule has 1 atom stereocenters. The van der Waals surface area contributed by atoms with Gasteiger partial charge in [-0.15, -0.1) is 11.3 Å². The summed E-state index contributed by atoms with van der Waals surface area (Å²) in [6.07, 6.45) is 0. The lowest BCUT2D eigenvalue weighted by molar-refractivity contribution is -0.383. The van der Waals surface area contributed by atoms with Crippen molar-refractivity contribution >= 4 is 28.4 Å². The van der Waals surface area contributed by atoms with Crippen molar-refractivity contribution in [2.75, 3.05) is 10.7 Å². The lowest BCUT2D eigenvalue weighted by atomic mass is 10.1. The van der Waals surface area contributed by atoms with E-state index in [9.17, 15) is 10.1 Å². The normalized spacial score (nSPS) is 12.0. The second-order valence-electron chi connectivity index (χ2n) is 4.84. The predicted octanol–water partition coefficient (Wildman–Crippen LogP) is 3.73. The Morgan fingerprint density at radius 3 is 2.52 bits per heavy atom. The third-order valence-electron chi connectivity index (χ3n) is 3.29. The number of nitrogen functional groups attached to an aromatic ring is 1. The zero-order chi connectivity index (χ0) is 15.6. The molecule has 0 aliphatic heterocycles. The minimum Gasteiger partial charge on any atom is -0.373 e. The van der Waals surface area contributed by atoms with Gasteiger partial charge >= 0.3 is 5.69 Å². The van der Waals surface area contributed by atoms with Crippen molar-refractivity contribution in [1.82, 2.24) is 0 Å². The first kappa shape index (κ1) is 15.3. The number of nitro groups is 1. The van der Waals surface area contributed by atoms with Gasteiger partial charge in [0.1, 0.15) is 11.4 Å². The highest BCUT2D eigenvalue weighted by atomic mass is 32.1. The van der Waals surface area contributed by atoms with Gasteiger partial charge in [-0.3, -0.25) is 16.0 Å². The Balaban J connectivity index is 2.35. The summed E-state index contributed by atoms with van der Waals surface area (Å²) in [5.41, 5.74) is 4.21. The molecule has 7 heteroatoms. The van der Waals surface area contributed by atoms with Gasteiger partial charge in [0, 0.05) is 15.8 Å². The van der Waals surface area contributed by atoms with Crippen LogP contribution in [0.4, 0.5) is 17.1 Å². The van der Waals surface area contributed by atoms with Crippen molar-refractivity contribution in [3.05, 3.63) is 49.7 Å². The molecular weight excluding hydrogens is 288 g/mol. The number of nitrogens with two attached hydrogens (primary N) is 1. The van der Waals surface area contributed by atoms with E-state index in [0.717, 1.165) is 5.56 Å². The van der Waals surface area contributed by atoms with Crippen molar-refractivity contribution < 1.29 is 4.92 Å². The van der Waals surface area contributed by atoms with Crippen molar-refractivity contribution in [2.45, 2.75) is 26.8 Å². The first-order valence-electron chi connectivity index (χ1n) is 6.51. The van der Waals surface area contributed by atoms with E-state index in [2.05, 4.69) is 30.7 Å². The van der Waals surface area contributed by atoms with Gasteiger partial charge in [-0.2, -0.15) is 0 Å². The quantitative estimate of drug-likeness (QED) is 0.444. The minimum absolute atomic E-state index is 0.0262. The number of hydrazine groups is 1. The van der Waals surface area contributed by atoms with Gasteiger partial charge in [0.25, 0.3) is 0 Å². The molecule has 21 heavy (non-hydrogen) atoms. The molecule has 0 saturated heterocycles. The highest BCUT2D eigenvalue weighted by molar-refractivity contribution is 7.12. The fourth-order valence-electron chi connectivity index (χ4n) is 2.36. The Labute approximate surface area is 127 Å². The first-order chi connectivity index (χ1) is 9.93. The van der Waals surface area contributed by atoms with Crippen molar-refractivity contribution in [3.63, 3.8) is 0 Å². The standard InChI is InChI=1S/C14H18N4O2S/c1-8-7-11(10(3)21-8)9(2)16-12-5-4-6-13(17-15)14(12)18(19)20/h4-7,9,16-17H,15H2,1-3H3. The fourth-order valence-corrected chi connectivity index (χ4v) is 3.39. The number of nitro benzene ring substituents is 1. The average Bonchev–Trinajstić information content (AvgIpc) is 2.77. The molecule has 0 spiro atoms. The van der Waals surface area contributed by atoms with Gasteiger partial charge in [0.2, 0.25) is 0 Å². The number of anilines is 2. The lowest BCUT2D eigenvalue weighted by Crippen LogP contribution is -2.12. The largest absolute Gasteiger partial charge is 0.373 e. The molecule has 0 saturated carbocycles. The summed E-state index contributed by atoms with van der Waals surface area (Å²) >= 11 is 1.72. The smallest absolute Gasteiger partial charge is 0.316 e. The Kier molecular flexibility index (Phi) is 4.44. The van der Waals surface area contributed by atoms with Crippen LogP contribution in [0.15, 0.2) is 24.3 Å². The predicted molar refractivity (Wildman–Crippen MR) is 86.7 cm³/mol. The monoisotopic (exact) mass is 306 g/mol. The molecule has 0 bridgehead atoms. The van der Waals surface area contributed by atoms with Gasteiger partial charge < -0.3 is 10.7 Å². The maximum absolute atomic E-state index is 11.3. The Morgan fingerprint density at radius 2 is 2.00 bits per heavy atom. The van der Waals surface area contributed by atoms with E-state index in [4.69, 9.17) is 5.84 Å². The van der Waals surface area contributed by atoms with Crippen LogP contribution in [0, 0.1) is 24.0 Å². The molecule has 0 amide bonds. The SMILES string of the molecule is Cc1cc(C(C)Nc2cccc(NN)c2[N+](=O)[O-])c(C)s1. The fraction of sp³-hybridized carbons (Fsp3) is 0.286. The molecule has 1 unspecified atom stereocenters. The molecule has 1 aromatic carbocycles. The van der Waals surface area contributed by atoms with Gasteiger partial charge in [-0.05, 0) is 44.5 Å². The molecule has 2 rings (SSSR count). The third kappa shape index (κ3) is 3.14. The summed E-state index contributed by atoms with van der Waals surface area (Å²) in [6.45, 7) is 6.09. The molecule has 6 nitrogen and oxygen atoms in total. The number of nitrogens with zero attached hydrogens (tertiary/aromatic N) is 1. The third-order valence-corrected chi connectivity index (χ3v) is 4.27. The number of aryl methyl sites for hydroxylation is 2. The van der Waals surface area contributed by atoms with Crippen LogP contribution in [0.1, 0.15) is 28.3 Å². The number of thiophene rings is 1. The van der Waals surface area contributed by atoms with E-state index in [-0.39, 0.29) is 17.4 Å². The van der Waals surface area contributed by atoms with Gasteiger partial charge in [-0.25, -0.2) is 0 Å². The Bertz CT molecular complexity index is 669. The summed E-state index contributed by atoms with van der Waals surface area (Å²) in [5.74, 6) is 5.35. The molecular formula is C14H18N4O2S. The summed E-state index contributed by atoms with van der Waals surface area (Å²) in [7, 11) is 0. The van der Waals surface area contributed by atoms with E-state index in [1.54, 1.807) is 29.5 Å². The minimum atomic E-state index is -0.435. The molecule has 4 N–H and O–H groups in total. The number of benzene rings is 1. The van der Waals surface area contributed by atoms with Crippen LogP contribution >= 0.6 is 11.3 Å². The van der Waals surface area contributed by atoms with E-state index < -0.39 is 4.92 Å². The number of nitrogens with one attached hydrogen (secondary N) is 2. The Hall–Kier alpha value is -2.12. The first-order valence-corrected chi connectivity index (χ1v) is 7.33. The second kappa shape index (κ2) is 6.11. The van der Waals surface area contributed by atoms with Gasteiger partial charge in [0.05, 0.1) is 4.92 Å². The summed E-state index contributed by atoms with van der Waals surface area (Å²) < 4.78 is 0. The number of hydrogen-bond donors (Lipinski definition) is 3.